The molecule has 0 aromatic heterocycles. The van der Waals surface area contributed by atoms with E-state index in [1.165, 1.54) is 29.8 Å². The van der Waals surface area contributed by atoms with Gasteiger partial charge in [-0.1, -0.05) is 36.9 Å². The molecule has 2 aromatic carbocycles. The Morgan fingerprint density at radius 1 is 1.05 bits per heavy atom. The molecule has 0 aliphatic heterocycles. The Morgan fingerprint density at radius 3 is 1.95 bits per heavy atom. The van der Waals surface area contributed by atoms with Gasteiger partial charge >= 0.3 is 25.4 Å². The largest absolute Gasteiger partial charge is 2.00 e. The Labute approximate surface area is 125 Å². The average molecular weight is 308 g/mol. The molecule has 4 heteroatoms. The number of benzene rings is 2. The third-order valence-corrected chi connectivity index (χ3v) is 2.25. The van der Waals surface area contributed by atoms with Gasteiger partial charge in [-0.05, 0) is 6.07 Å². The molecule has 0 aliphatic rings. The normalized spacial score (nSPS) is 8.47. The third-order valence-electron chi connectivity index (χ3n) is 2.25. The first-order valence-corrected chi connectivity index (χ1v) is 5.49. The van der Waals surface area contributed by atoms with Gasteiger partial charge in [-0.15, -0.1) is 12.1 Å². The van der Waals surface area contributed by atoms with Crippen molar-refractivity contribution in [1.82, 2.24) is 0 Å². The maximum absolute atomic E-state index is 10.7. The molecule has 1 N–H and O–H groups in total. The van der Waals surface area contributed by atoms with Gasteiger partial charge in [0.1, 0.15) is 0 Å². The molecule has 2 rings (SSSR count). The van der Waals surface area contributed by atoms with Crippen LogP contribution in [-0.4, -0.2) is 11.1 Å². The fourth-order valence-corrected chi connectivity index (χ4v) is 1.29. The Kier molecular flexibility index (Phi) is 8.31. The van der Waals surface area contributed by atoms with Crippen molar-refractivity contribution in [3.63, 3.8) is 0 Å². The Bertz CT molecular complexity index is 498. The number of para-hydroxylation sites is 1. The van der Waals surface area contributed by atoms with E-state index in [0.717, 1.165) is 0 Å². The number of hydrogen-bond donors (Lipinski definition) is 1. The molecule has 0 radical (unpaired) electrons. The number of aromatic carboxylic acids is 1. The van der Waals surface area contributed by atoms with E-state index in [0.29, 0.717) is 0 Å². The minimum atomic E-state index is -1.18. The first-order chi connectivity index (χ1) is 8.65. The zero-order chi connectivity index (χ0) is 13.4. The van der Waals surface area contributed by atoms with Crippen molar-refractivity contribution in [2.75, 3.05) is 0 Å². The summed E-state index contributed by atoms with van der Waals surface area (Å²) >= 11 is 0. The zero-order valence-corrected chi connectivity index (χ0v) is 13.7. The van der Waals surface area contributed by atoms with Crippen LogP contribution in [0.3, 0.4) is 0 Å². The van der Waals surface area contributed by atoms with Gasteiger partial charge in [0.25, 0.3) is 0 Å². The zero-order valence-electron chi connectivity index (χ0n) is 10.7. The summed E-state index contributed by atoms with van der Waals surface area (Å²) in [6.07, 6.45) is 2.08. The van der Waals surface area contributed by atoms with Crippen molar-refractivity contribution < 1.29 is 34.5 Å². The van der Waals surface area contributed by atoms with E-state index in [9.17, 15) is 9.90 Å². The molecule has 0 spiro atoms. The van der Waals surface area contributed by atoms with Gasteiger partial charge in [0.15, 0.2) is 0 Å². The van der Waals surface area contributed by atoms with Crippen LogP contribution < -0.4 is 5.11 Å². The molecule has 0 saturated heterocycles. The summed E-state index contributed by atoms with van der Waals surface area (Å²) in [6, 6.07) is 15.8. The smallest absolute Gasteiger partial charge is 0.872 e. The summed E-state index contributed by atoms with van der Waals surface area (Å²) < 4.78 is 0. The van der Waals surface area contributed by atoms with Gasteiger partial charge in [0.05, 0.1) is 5.56 Å². The van der Waals surface area contributed by atoms with Crippen LogP contribution in [0.25, 0.3) is 0 Å². The molecule has 0 aliphatic carbocycles. The van der Waals surface area contributed by atoms with Crippen molar-refractivity contribution in [1.29, 1.82) is 0 Å². The summed E-state index contributed by atoms with van der Waals surface area (Å²) in [4.78, 5) is 10.2. The van der Waals surface area contributed by atoms with E-state index < -0.39 is 11.7 Å². The summed E-state index contributed by atoms with van der Waals surface area (Å²) in [6.45, 7) is 2.04. The fraction of sp³-hybridized carbons (Fsp3) is 0.0667. The Hall–Kier alpha value is -1.80. The summed E-state index contributed by atoms with van der Waals surface area (Å²) in [5.74, 6) is -1.62. The molecule has 0 unspecified atom stereocenters. The van der Waals surface area contributed by atoms with Crippen LogP contribution in [-0.2, 0) is 19.5 Å². The number of hydrogen-bond acceptors (Lipinski definition) is 2. The number of carboxylic acids is 1. The fourth-order valence-electron chi connectivity index (χ4n) is 1.29. The van der Waals surface area contributed by atoms with Gasteiger partial charge in [0.2, 0.25) is 0 Å². The predicted octanol–water partition coefficient (Wildman–Crippen LogP) is 2.71. The minimum Gasteiger partial charge on any atom is -0.872 e. The molecule has 94 valence electrons. The molecule has 0 saturated carbocycles. The van der Waals surface area contributed by atoms with E-state index in [-0.39, 0.29) is 25.0 Å². The van der Waals surface area contributed by atoms with Crippen LogP contribution in [0.2, 0.25) is 0 Å². The van der Waals surface area contributed by atoms with Crippen molar-refractivity contribution >= 4 is 5.97 Å². The molecule has 0 fully saturated rings. The van der Waals surface area contributed by atoms with Crippen LogP contribution in [0.5, 0.6) is 5.75 Å². The third kappa shape index (κ3) is 6.07. The topological polar surface area (TPSA) is 60.4 Å². The molecular weight excluding hydrogens is 294 g/mol. The molecule has 3 nitrogen and oxygen atoms in total. The minimum absolute atomic E-state index is 0. The maximum Gasteiger partial charge on any atom is 2.00 e. The monoisotopic (exact) mass is 306 g/mol. The number of carboxylic acid groups (broad SMARTS) is 1. The number of rotatable bonds is 2. The summed E-state index contributed by atoms with van der Waals surface area (Å²) in [5.41, 5.74) is 1.11. The van der Waals surface area contributed by atoms with E-state index in [1.54, 1.807) is 0 Å². The van der Waals surface area contributed by atoms with Crippen LogP contribution in [0, 0.1) is 6.42 Å². The quantitative estimate of drug-likeness (QED) is 0.685. The van der Waals surface area contributed by atoms with E-state index in [4.69, 9.17) is 5.11 Å². The Morgan fingerprint density at radius 2 is 1.58 bits per heavy atom. The van der Waals surface area contributed by atoms with Crippen LogP contribution in [0.1, 0.15) is 22.8 Å². The van der Waals surface area contributed by atoms with Crippen LogP contribution in [0.15, 0.2) is 54.6 Å². The van der Waals surface area contributed by atoms with E-state index in [2.05, 4.69) is 18.6 Å². The van der Waals surface area contributed by atoms with Gasteiger partial charge in [-0.2, -0.15) is 24.1 Å². The molecule has 0 heterocycles. The molecule has 2 aromatic rings. The van der Waals surface area contributed by atoms with Crippen molar-refractivity contribution in [3.05, 3.63) is 72.1 Å². The molecular formula is C15H14O3Zn. The SMILES string of the molecule is C[CH-]c1ccccc1.O=C(O)c1ccccc1[O-].[Zn+2]. The molecule has 19 heavy (non-hydrogen) atoms. The summed E-state index contributed by atoms with van der Waals surface area (Å²) in [7, 11) is 0. The van der Waals surface area contributed by atoms with Gasteiger partial charge in [0, 0.05) is 0 Å². The van der Waals surface area contributed by atoms with Crippen LogP contribution >= 0.6 is 0 Å². The second-order valence-electron chi connectivity index (χ2n) is 3.50. The second kappa shape index (κ2) is 9.18. The molecule has 0 bridgehead atoms. The Balaban J connectivity index is 0.000000331. The summed E-state index contributed by atoms with van der Waals surface area (Å²) in [5, 5.41) is 19.0. The number of carbonyl (C=O) groups is 1. The first-order valence-electron chi connectivity index (χ1n) is 5.49. The standard InChI is InChI=1S/C8H9.C7H6O3.Zn/c1-2-8-6-4-3-5-7-8;8-6-4-2-1-3-5(6)7(9)10;/h2-7H,1H3;1-4,8H,(H,9,10);/q-1;;+2/p-1. The molecule has 0 atom stereocenters. The van der Waals surface area contributed by atoms with Crippen molar-refractivity contribution in [3.8, 4) is 5.75 Å². The van der Waals surface area contributed by atoms with Gasteiger partial charge in [-0.25, -0.2) is 4.79 Å². The van der Waals surface area contributed by atoms with E-state index in [1.807, 2.05) is 25.1 Å². The van der Waals surface area contributed by atoms with Gasteiger partial charge in [-0.3, -0.25) is 0 Å². The first kappa shape index (κ1) is 17.2. The molecule has 0 amide bonds. The van der Waals surface area contributed by atoms with Crippen LogP contribution in [0.4, 0.5) is 0 Å². The predicted molar refractivity (Wildman–Crippen MR) is 68.4 cm³/mol. The average Bonchev–Trinajstić information content (AvgIpc) is 2.40. The maximum atomic E-state index is 10.7. The second-order valence-corrected chi connectivity index (χ2v) is 3.50. The van der Waals surface area contributed by atoms with Gasteiger partial charge < -0.3 is 10.2 Å². The van der Waals surface area contributed by atoms with E-state index >= 15 is 0 Å². The van der Waals surface area contributed by atoms with Crippen molar-refractivity contribution in [2.45, 2.75) is 6.92 Å². The van der Waals surface area contributed by atoms with Crippen molar-refractivity contribution in [2.24, 2.45) is 0 Å².